The average molecular weight is 257 g/mol. The van der Waals surface area contributed by atoms with Gasteiger partial charge in [-0.2, -0.15) is 4.52 Å². The van der Waals surface area contributed by atoms with Crippen molar-refractivity contribution in [2.75, 3.05) is 5.32 Å². The first-order chi connectivity index (χ1) is 9.35. The van der Waals surface area contributed by atoms with Crippen molar-refractivity contribution in [3.05, 3.63) is 18.0 Å². The van der Waals surface area contributed by atoms with Gasteiger partial charge in [0, 0.05) is 12.0 Å². The van der Waals surface area contributed by atoms with Crippen LogP contribution in [-0.4, -0.2) is 25.9 Å². The van der Waals surface area contributed by atoms with Gasteiger partial charge in [0.25, 0.3) is 0 Å². The van der Waals surface area contributed by atoms with E-state index in [0.717, 1.165) is 23.2 Å². The standard InChI is InChI=1S/C14H19N5/c1-2-3-10-8-11(10)15-12-6-7-13-16-17-14(9-4-5-9)19(13)18-12/h6-7,9-11H,2-5,8H2,1H3,(H,15,18). The second-order valence-electron chi connectivity index (χ2n) is 5.86. The fourth-order valence-corrected chi connectivity index (χ4v) is 2.78. The van der Waals surface area contributed by atoms with Crippen LogP contribution in [-0.2, 0) is 0 Å². The minimum absolute atomic E-state index is 0.575. The quantitative estimate of drug-likeness (QED) is 0.894. The number of fused-ring (bicyclic) bond motifs is 1. The second kappa shape index (κ2) is 4.18. The lowest BCUT2D eigenvalue weighted by atomic mass is 10.2. The highest BCUT2D eigenvalue weighted by atomic mass is 15.4. The Balaban J connectivity index is 1.56. The Morgan fingerprint density at radius 1 is 1.32 bits per heavy atom. The predicted octanol–water partition coefficient (Wildman–Crippen LogP) is 2.60. The molecule has 0 aromatic carbocycles. The Morgan fingerprint density at radius 2 is 2.21 bits per heavy atom. The molecule has 0 saturated heterocycles. The van der Waals surface area contributed by atoms with Crippen molar-refractivity contribution >= 4 is 11.5 Å². The Bertz CT molecular complexity index is 601. The fourth-order valence-electron chi connectivity index (χ4n) is 2.78. The van der Waals surface area contributed by atoms with Gasteiger partial charge in [0.1, 0.15) is 5.82 Å². The van der Waals surface area contributed by atoms with Crippen molar-refractivity contribution in [2.45, 2.75) is 51.0 Å². The summed E-state index contributed by atoms with van der Waals surface area (Å²) in [5, 5.41) is 16.6. The third kappa shape index (κ3) is 2.07. The summed E-state index contributed by atoms with van der Waals surface area (Å²) in [6, 6.07) is 4.64. The molecule has 0 amide bonds. The first-order valence-corrected chi connectivity index (χ1v) is 7.34. The summed E-state index contributed by atoms with van der Waals surface area (Å²) in [7, 11) is 0. The number of nitrogens with zero attached hydrogens (tertiary/aromatic N) is 4. The van der Waals surface area contributed by atoms with Gasteiger partial charge < -0.3 is 5.32 Å². The molecule has 2 unspecified atom stereocenters. The van der Waals surface area contributed by atoms with E-state index in [0.29, 0.717) is 12.0 Å². The van der Waals surface area contributed by atoms with Gasteiger partial charge in [0.15, 0.2) is 11.5 Å². The SMILES string of the molecule is CCCC1CC1Nc1ccc2nnc(C3CC3)n2n1. The van der Waals surface area contributed by atoms with Crippen LogP contribution in [0.25, 0.3) is 5.65 Å². The van der Waals surface area contributed by atoms with Crippen molar-refractivity contribution in [1.29, 1.82) is 0 Å². The van der Waals surface area contributed by atoms with Crippen LogP contribution in [0.5, 0.6) is 0 Å². The molecule has 0 bridgehead atoms. The third-order valence-electron chi connectivity index (χ3n) is 4.14. The molecule has 0 aliphatic heterocycles. The number of hydrogen-bond donors (Lipinski definition) is 1. The molecule has 2 aliphatic rings. The number of hydrogen-bond acceptors (Lipinski definition) is 4. The zero-order valence-electron chi connectivity index (χ0n) is 11.2. The van der Waals surface area contributed by atoms with E-state index in [-0.39, 0.29) is 0 Å². The Hall–Kier alpha value is -1.65. The lowest BCUT2D eigenvalue weighted by Crippen LogP contribution is -2.09. The third-order valence-corrected chi connectivity index (χ3v) is 4.14. The largest absolute Gasteiger partial charge is 0.366 e. The van der Waals surface area contributed by atoms with Gasteiger partial charge in [-0.15, -0.1) is 15.3 Å². The highest BCUT2D eigenvalue weighted by Crippen LogP contribution is 2.39. The van der Waals surface area contributed by atoms with E-state index in [1.54, 1.807) is 0 Å². The Morgan fingerprint density at radius 3 is 3.00 bits per heavy atom. The van der Waals surface area contributed by atoms with Gasteiger partial charge in [-0.25, -0.2) is 0 Å². The molecular formula is C14H19N5. The first kappa shape index (κ1) is 11.2. The van der Waals surface area contributed by atoms with Crippen LogP contribution < -0.4 is 5.32 Å². The zero-order valence-corrected chi connectivity index (χ0v) is 11.2. The lowest BCUT2D eigenvalue weighted by molar-refractivity contribution is 0.691. The molecule has 5 nitrogen and oxygen atoms in total. The van der Waals surface area contributed by atoms with E-state index in [9.17, 15) is 0 Å². The summed E-state index contributed by atoms with van der Waals surface area (Å²) in [6.07, 6.45) is 6.32. The maximum absolute atomic E-state index is 4.65. The monoisotopic (exact) mass is 257 g/mol. The molecule has 1 N–H and O–H groups in total. The van der Waals surface area contributed by atoms with Gasteiger partial charge in [0.05, 0.1) is 0 Å². The average Bonchev–Trinajstić information content (AvgIpc) is 3.32. The minimum Gasteiger partial charge on any atom is -0.366 e. The number of aromatic nitrogens is 4. The molecule has 2 aromatic rings. The van der Waals surface area contributed by atoms with Crippen molar-refractivity contribution in [3.63, 3.8) is 0 Å². The zero-order chi connectivity index (χ0) is 12.8. The van der Waals surface area contributed by atoms with E-state index in [1.807, 2.05) is 16.6 Å². The summed E-state index contributed by atoms with van der Waals surface area (Å²) in [4.78, 5) is 0. The summed E-state index contributed by atoms with van der Waals surface area (Å²) in [5.41, 5.74) is 0.855. The molecule has 100 valence electrons. The van der Waals surface area contributed by atoms with E-state index in [2.05, 4.69) is 27.5 Å². The Labute approximate surface area is 112 Å². The van der Waals surface area contributed by atoms with E-state index >= 15 is 0 Å². The molecular weight excluding hydrogens is 238 g/mol. The van der Waals surface area contributed by atoms with Crippen LogP contribution in [0, 0.1) is 5.92 Å². The van der Waals surface area contributed by atoms with Crippen molar-refractivity contribution in [2.24, 2.45) is 5.92 Å². The molecule has 2 fully saturated rings. The smallest absolute Gasteiger partial charge is 0.178 e. The molecule has 2 saturated carbocycles. The molecule has 2 aromatic heterocycles. The second-order valence-corrected chi connectivity index (χ2v) is 5.86. The summed E-state index contributed by atoms with van der Waals surface area (Å²) in [6.45, 7) is 2.25. The maximum atomic E-state index is 4.65. The highest BCUT2D eigenvalue weighted by molar-refractivity contribution is 5.45. The fraction of sp³-hybridized carbons (Fsp3) is 0.643. The molecule has 2 heterocycles. The molecule has 0 radical (unpaired) electrons. The van der Waals surface area contributed by atoms with Crippen molar-refractivity contribution in [3.8, 4) is 0 Å². The predicted molar refractivity (Wildman–Crippen MR) is 73.2 cm³/mol. The minimum atomic E-state index is 0.575. The summed E-state index contributed by atoms with van der Waals surface area (Å²) >= 11 is 0. The van der Waals surface area contributed by atoms with E-state index < -0.39 is 0 Å². The van der Waals surface area contributed by atoms with Gasteiger partial charge in [0.2, 0.25) is 0 Å². The summed E-state index contributed by atoms with van der Waals surface area (Å²) < 4.78 is 1.91. The molecule has 2 aliphatic carbocycles. The topological polar surface area (TPSA) is 55.1 Å². The van der Waals surface area contributed by atoms with Crippen molar-refractivity contribution < 1.29 is 0 Å². The van der Waals surface area contributed by atoms with Crippen LogP contribution >= 0.6 is 0 Å². The van der Waals surface area contributed by atoms with E-state index in [4.69, 9.17) is 0 Å². The molecule has 2 atom stereocenters. The number of rotatable bonds is 5. The highest BCUT2D eigenvalue weighted by Gasteiger charge is 2.36. The lowest BCUT2D eigenvalue weighted by Gasteiger charge is -2.05. The van der Waals surface area contributed by atoms with Gasteiger partial charge in [-0.1, -0.05) is 13.3 Å². The first-order valence-electron chi connectivity index (χ1n) is 7.34. The maximum Gasteiger partial charge on any atom is 0.178 e. The van der Waals surface area contributed by atoms with Crippen LogP contribution in [0.2, 0.25) is 0 Å². The van der Waals surface area contributed by atoms with Crippen LogP contribution in [0.1, 0.15) is 50.8 Å². The van der Waals surface area contributed by atoms with Crippen LogP contribution in [0.4, 0.5) is 5.82 Å². The number of nitrogens with one attached hydrogen (secondary N) is 1. The molecule has 0 spiro atoms. The molecule has 4 rings (SSSR count). The van der Waals surface area contributed by atoms with Gasteiger partial charge in [-0.3, -0.25) is 0 Å². The molecule has 19 heavy (non-hydrogen) atoms. The van der Waals surface area contributed by atoms with Crippen LogP contribution in [0.15, 0.2) is 12.1 Å². The Kier molecular flexibility index (Phi) is 2.47. The number of anilines is 1. The normalized spacial score (nSPS) is 25.7. The summed E-state index contributed by atoms with van der Waals surface area (Å²) in [5.74, 6) is 3.40. The molecule has 5 heteroatoms. The van der Waals surface area contributed by atoms with E-state index in [1.165, 1.54) is 32.1 Å². The van der Waals surface area contributed by atoms with Crippen molar-refractivity contribution in [1.82, 2.24) is 19.8 Å². The van der Waals surface area contributed by atoms with Crippen LogP contribution in [0.3, 0.4) is 0 Å². The van der Waals surface area contributed by atoms with Gasteiger partial charge >= 0.3 is 0 Å². The van der Waals surface area contributed by atoms with Gasteiger partial charge in [-0.05, 0) is 43.7 Å².